The van der Waals surface area contributed by atoms with E-state index in [0.717, 1.165) is 34.4 Å². The summed E-state index contributed by atoms with van der Waals surface area (Å²) in [6.45, 7) is -0.314. The van der Waals surface area contributed by atoms with Crippen LogP contribution in [0.1, 0.15) is 28.7 Å². The van der Waals surface area contributed by atoms with E-state index < -0.39 is 17.5 Å². The van der Waals surface area contributed by atoms with Crippen LogP contribution >= 0.6 is 0 Å². The van der Waals surface area contributed by atoms with E-state index in [0.29, 0.717) is 12.1 Å². The van der Waals surface area contributed by atoms with Gasteiger partial charge in [0, 0.05) is 5.69 Å². The number of nitrogens with one attached hydrogen (secondary N) is 2. The molecule has 1 aliphatic heterocycles. The fourth-order valence-electron chi connectivity index (χ4n) is 5.30. The van der Waals surface area contributed by atoms with E-state index in [1.165, 1.54) is 16.7 Å². The quantitative estimate of drug-likeness (QED) is 0.495. The van der Waals surface area contributed by atoms with Gasteiger partial charge in [0.1, 0.15) is 12.1 Å². The van der Waals surface area contributed by atoms with Crippen molar-refractivity contribution >= 4 is 23.5 Å². The zero-order valence-electron chi connectivity index (χ0n) is 17.4. The number of carbonyl (C=O) groups is 3. The first-order chi connectivity index (χ1) is 15.5. The molecule has 0 saturated carbocycles. The number of urea groups is 1. The van der Waals surface area contributed by atoms with Crippen LogP contribution in [0.3, 0.4) is 0 Å². The molecule has 3 aromatic rings. The van der Waals surface area contributed by atoms with Crippen molar-refractivity contribution in [2.75, 3.05) is 11.9 Å². The van der Waals surface area contributed by atoms with Gasteiger partial charge in [0.2, 0.25) is 5.91 Å². The highest BCUT2D eigenvalue weighted by Gasteiger charge is 2.55. The first kappa shape index (κ1) is 18.8. The van der Waals surface area contributed by atoms with Crippen molar-refractivity contribution in [3.8, 4) is 11.1 Å². The summed E-state index contributed by atoms with van der Waals surface area (Å²) >= 11 is 0. The van der Waals surface area contributed by atoms with Crippen LogP contribution in [-0.2, 0) is 28.0 Å². The molecule has 1 heterocycles. The molecule has 0 radical (unpaired) electrons. The van der Waals surface area contributed by atoms with Gasteiger partial charge >= 0.3 is 6.03 Å². The predicted octanol–water partition coefficient (Wildman–Crippen LogP) is 3.59. The fourth-order valence-corrected chi connectivity index (χ4v) is 5.30. The van der Waals surface area contributed by atoms with E-state index in [-0.39, 0.29) is 12.5 Å². The maximum absolute atomic E-state index is 13.2. The minimum Gasteiger partial charge on any atom is -0.325 e. The summed E-state index contributed by atoms with van der Waals surface area (Å²) in [7, 11) is 0. The summed E-state index contributed by atoms with van der Waals surface area (Å²) in [5.74, 6) is -0.751. The van der Waals surface area contributed by atoms with Gasteiger partial charge in [-0.15, -0.1) is 0 Å². The number of amides is 4. The number of imide groups is 1. The molecular weight excluding hydrogens is 402 g/mol. The van der Waals surface area contributed by atoms with Crippen molar-refractivity contribution in [3.05, 3.63) is 89.0 Å². The molecule has 1 fully saturated rings. The molecule has 1 unspecified atom stereocenters. The summed E-state index contributed by atoms with van der Waals surface area (Å²) < 4.78 is 0. The Bertz CT molecular complexity index is 1320. The summed E-state index contributed by atoms with van der Waals surface area (Å²) in [5.41, 5.74) is 6.33. The van der Waals surface area contributed by atoms with Crippen molar-refractivity contribution in [3.63, 3.8) is 0 Å². The largest absolute Gasteiger partial charge is 0.325 e. The monoisotopic (exact) mass is 423 g/mol. The molecule has 3 aromatic carbocycles. The summed E-state index contributed by atoms with van der Waals surface area (Å²) in [6.07, 6.45) is 2.06. The fraction of sp³-hybridized carbons (Fsp3) is 0.192. The average molecular weight is 423 g/mol. The number of fused-ring (bicyclic) bond motifs is 5. The molecule has 0 bridgehead atoms. The molecule has 2 N–H and O–H groups in total. The number of anilines is 1. The number of aryl methyl sites for hydroxylation is 1. The van der Waals surface area contributed by atoms with Gasteiger partial charge in [-0.25, -0.2) is 4.79 Å². The molecule has 1 atom stereocenters. The van der Waals surface area contributed by atoms with Gasteiger partial charge in [0.25, 0.3) is 5.91 Å². The lowest BCUT2D eigenvalue weighted by Crippen LogP contribution is -2.43. The smallest absolute Gasteiger partial charge is 0.325 e. The van der Waals surface area contributed by atoms with Crippen LogP contribution < -0.4 is 10.6 Å². The summed E-state index contributed by atoms with van der Waals surface area (Å²) in [6, 6.07) is 21.2. The van der Waals surface area contributed by atoms with Crippen LogP contribution in [0.2, 0.25) is 0 Å². The third-order valence-corrected chi connectivity index (χ3v) is 6.80. The number of benzene rings is 3. The Kier molecular flexibility index (Phi) is 3.99. The molecule has 1 saturated heterocycles. The van der Waals surface area contributed by atoms with Crippen LogP contribution in [-0.4, -0.2) is 29.3 Å². The topological polar surface area (TPSA) is 78.5 Å². The maximum Gasteiger partial charge on any atom is 0.325 e. The van der Waals surface area contributed by atoms with Crippen molar-refractivity contribution in [2.45, 2.75) is 24.8 Å². The Hall–Kier alpha value is -3.93. The Labute approximate surface area is 185 Å². The van der Waals surface area contributed by atoms with Crippen molar-refractivity contribution in [1.29, 1.82) is 0 Å². The second-order valence-electron chi connectivity index (χ2n) is 8.64. The first-order valence-corrected chi connectivity index (χ1v) is 10.8. The lowest BCUT2D eigenvalue weighted by atomic mass is 9.92. The molecule has 0 aromatic heterocycles. The number of rotatable bonds is 3. The van der Waals surface area contributed by atoms with Crippen molar-refractivity contribution in [1.82, 2.24) is 10.2 Å². The van der Waals surface area contributed by atoms with Gasteiger partial charge in [0.15, 0.2) is 0 Å². The van der Waals surface area contributed by atoms with Crippen LogP contribution in [0.5, 0.6) is 0 Å². The minimum atomic E-state index is -1.05. The molecule has 158 valence electrons. The number of carbonyl (C=O) groups excluding carboxylic acids is 3. The molecule has 6 heteroatoms. The third kappa shape index (κ3) is 2.69. The van der Waals surface area contributed by atoms with Gasteiger partial charge in [-0.3, -0.25) is 14.5 Å². The second-order valence-corrected chi connectivity index (χ2v) is 8.64. The minimum absolute atomic E-state index is 0.314. The van der Waals surface area contributed by atoms with Gasteiger partial charge in [-0.1, -0.05) is 54.6 Å². The standard InChI is InChI=1S/C26H21N3O3/c30-23(27-19-9-10-21-18(14-19)13-17-6-1-3-7-20(17)21)15-29-24(31)26(28-25(29)32)12-11-16-5-2-4-8-22(16)26/h1-10,14H,11-13,15H2,(H,27,30)(H,28,32). The van der Waals surface area contributed by atoms with Crippen LogP contribution in [0.15, 0.2) is 66.7 Å². The highest BCUT2D eigenvalue weighted by atomic mass is 16.2. The molecule has 6 rings (SSSR count). The average Bonchev–Trinajstić information content (AvgIpc) is 3.42. The Balaban J connectivity index is 1.19. The third-order valence-electron chi connectivity index (χ3n) is 6.80. The maximum atomic E-state index is 13.2. The lowest BCUT2D eigenvalue weighted by Gasteiger charge is -2.22. The second kappa shape index (κ2) is 6.79. The van der Waals surface area contributed by atoms with Gasteiger partial charge in [-0.05, 0) is 64.8 Å². The van der Waals surface area contributed by atoms with Gasteiger partial charge in [0.05, 0.1) is 0 Å². The lowest BCUT2D eigenvalue weighted by molar-refractivity contribution is -0.134. The zero-order valence-corrected chi connectivity index (χ0v) is 17.4. The summed E-state index contributed by atoms with van der Waals surface area (Å²) in [5, 5.41) is 5.71. The van der Waals surface area contributed by atoms with Gasteiger partial charge < -0.3 is 10.6 Å². The summed E-state index contributed by atoms with van der Waals surface area (Å²) in [4.78, 5) is 39.6. The Morgan fingerprint density at radius 3 is 2.56 bits per heavy atom. The van der Waals surface area contributed by atoms with Crippen molar-refractivity contribution < 1.29 is 14.4 Å². The van der Waals surface area contributed by atoms with E-state index in [1.807, 2.05) is 54.6 Å². The van der Waals surface area contributed by atoms with E-state index in [9.17, 15) is 14.4 Å². The van der Waals surface area contributed by atoms with Crippen molar-refractivity contribution in [2.24, 2.45) is 0 Å². The number of hydrogen-bond acceptors (Lipinski definition) is 3. The van der Waals surface area contributed by atoms with Crippen LogP contribution in [0, 0.1) is 0 Å². The predicted molar refractivity (Wildman–Crippen MR) is 120 cm³/mol. The zero-order chi connectivity index (χ0) is 21.9. The van der Waals surface area contributed by atoms with Crippen LogP contribution in [0.4, 0.5) is 10.5 Å². The molecule has 6 nitrogen and oxygen atoms in total. The normalized spacial score (nSPS) is 20.2. The van der Waals surface area contributed by atoms with E-state index in [2.05, 4.69) is 22.8 Å². The Morgan fingerprint density at radius 1 is 0.938 bits per heavy atom. The number of nitrogens with zero attached hydrogens (tertiary/aromatic N) is 1. The molecule has 3 aliphatic rings. The van der Waals surface area contributed by atoms with Gasteiger partial charge in [-0.2, -0.15) is 0 Å². The van der Waals surface area contributed by atoms with Crippen LogP contribution in [0.25, 0.3) is 11.1 Å². The molecule has 1 spiro atoms. The SMILES string of the molecule is O=C(CN1C(=O)NC2(CCc3ccccc32)C1=O)Nc1ccc2c(c1)Cc1ccccc1-2. The molecule has 4 amide bonds. The Morgan fingerprint density at radius 2 is 1.69 bits per heavy atom. The highest BCUT2D eigenvalue weighted by molar-refractivity contribution is 6.11. The highest BCUT2D eigenvalue weighted by Crippen LogP contribution is 2.41. The van der Waals surface area contributed by atoms with E-state index in [4.69, 9.17) is 0 Å². The first-order valence-electron chi connectivity index (χ1n) is 10.8. The number of hydrogen-bond donors (Lipinski definition) is 2. The van der Waals surface area contributed by atoms with E-state index >= 15 is 0 Å². The van der Waals surface area contributed by atoms with E-state index in [1.54, 1.807) is 0 Å². The molecule has 2 aliphatic carbocycles. The molecular formula is C26H21N3O3. The molecule has 32 heavy (non-hydrogen) atoms.